The Balaban J connectivity index is 3.07. The van der Waals surface area contributed by atoms with Gasteiger partial charge in [-0.25, -0.2) is 9.37 Å². The van der Waals surface area contributed by atoms with Gasteiger partial charge < -0.3 is 4.74 Å². The van der Waals surface area contributed by atoms with Crippen molar-refractivity contribution in [3.8, 4) is 5.75 Å². The second-order valence-corrected chi connectivity index (χ2v) is 2.47. The molecular weight excluding hydrogens is 223 g/mol. The molecule has 0 aliphatic rings. The average molecular weight is 226 g/mol. The number of nitrogens with zero attached hydrogens (tertiary/aromatic N) is 1. The van der Waals surface area contributed by atoms with Gasteiger partial charge in [0.05, 0.1) is 0 Å². The molecule has 0 fully saturated rings. The summed E-state index contributed by atoms with van der Waals surface area (Å²) in [5.41, 5.74) is -0.746. The van der Waals surface area contributed by atoms with Crippen molar-refractivity contribution < 1.29 is 22.7 Å². The largest absolute Gasteiger partial charge is 0.432 e. The molecule has 1 aromatic rings. The maximum absolute atomic E-state index is 13.1. The number of hydrogen-bond donors (Lipinski definition) is 0. The van der Waals surface area contributed by atoms with E-state index in [0.717, 1.165) is 12.3 Å². The van der Waals surface area contributed by atoms with Gasteiger partial charge in [0.25, 0.3) is 5.24 Å². The Morgan fingerprint density at radius 1 is 1.57 bits per heavy atom. The molecule has 76 valence electrons. The van der Waals surface area contributed by atoms with E-state index in [-0.39, 0.29) is 0 Å². The van der Waals surface area contributed by atoms with Crippen LogP contribution in [0.5, 0.6) is 5.75 Å². The Morgan fingerprint density at radius 3 is 2.71 bits per heavy atom. The van der Waals surface area contributed by atoms with Crippen LogP contribution >= 0.6 is 11.6 Å². The number of pyridine rings is 1. The SMILES string of the molecule is O=C(Cl)c1nccc(OC(F)F)c1F. The van der Waals surface area contributed by atoms with Crippen LogP contribution in [0.3, 0.4) is 0 Å². The lowest BCUT2D eigenvalue weighted by atomic mass is 10.3. The molecule has 7 heteroatoms. The molecule has 0 unspecified atom stereocenters. The molecule has 0 bridgehead atoms. The minimum Gasteiger partial charge on any atom is -0.432 e. The fraction of sp³-hybridized carbons (Fsp3) is 0.143. The molecule has 0 aliphatic carbocycles. The lowest BCUT2D eigenvalue weighted by Gasteiger charge is -2.05. The zero-order valence-corrected chi connectivity index (χ0v) is 7.26. The summed E-state index contributed by atoms with van der Waals surface area (Å²) in [4.78, 5) is 13.8. The van der Waals surface area contributed by atoms with Gasteiger partial charge in [-0.1, -0.05) is 0 Å². The molecule has 1 aromatic heterocycles. The molecule has 14 heavy (non-hydrogen) atoms. The van der Waals surface area contributed by atoms with Crippen molar-refractivity contribution in [1.29, 1.82) is 0 Å². The van der Waals surface area contributed by atoms with Gasteiger partial charge in [-0.2, -0.15) is 8.78 Å². The van der Waals surface area contributed by atoms with Crippen LogP contribution in [-0.2, 0) is 0 Å². The van der Waals surface area contributed by atoms with Crippen LogP contribution < -0.4 is 4.74 Å². The molecule has 0 atom stereocenters. The third-order valence-corrected chi connectivity index (χ3v) is 1.44. The number of rotatable bonds is 3. The third-order valence-electron chi connectivity index (χ3n) is 1.26. The van der Waals surface area contributed by atoms with Crippen molar-refractivity contribution in [2.75, 3.05) is 0 Å². The molecule has 0 radical (unpaired) electrons. The maximum Gasteiger partial charge on any atom is 0.387 e. The molecule has 0 aromatic carbocycles. The average Bonchev–Trinajstić information content (AvgIpc) is 2.07. The van der Waals surface area contributed by atoms with E-state index in [1.54, 1.807) is 0 Å². The quantitative estimate of drug-likeness (QED) is 0.741. The van der Waals surface area contributed by atoms with Gasteiger partial charge in [0.1, 0.15) is 0 Å². The highest BCUT2D eigenvalue weighted by atomic mass is 35.5. The van der Waals surface area contributed by atoms with E-state index in [9.17, 15) is 18.0 Å². The summed E-state index contributed by atoms with van der Waals surface area (Å²) in [6, 6.07) is 0.866. The van der Waals surface area contributed by atoms with Gasteiger partial charge in [-0.05, 0) is 11.6 Å². The van der Waals surface area contributed by atoms with Crippen molar-refractivity contribution in [2.45, 2.75) is 6.61 Å². The number of halogens is 4. The minimum absolute atomic E-state index is 0.746. The van der Waals surface area contributed by atoms with Gasteiger partial charge in [0, 0.05) is 12.3 Å². The van der Waals surface area contributed by atoms with E-state index in [1.165, 1.54) is 0 Å². The monoisotopic (exact) mass is 225 g/mol. The third kappa shape index (κ3) is 2.35. The van der Waals surface area contributed by atoms with Gasteiger partial charge >= 0.3 is 6.61 Å². The van der Waals surface area contributed by atoms with Crippen LogP contribution in [0.2, 0.25) is 0 Å². The highest BCUT2D eigenvalue weighted by molar-refractivity contribution is 6.67. The molecule has 0 N–H and O–H groups in total. The van der Waals surface area contributed by atoms with Crippen LogP contribution in [0.1, 0.15) is 10.5 Å². The predicted molar refractivity (Wildman–Crippen MR) is 41.0 cm³/mol. The molecule has 0 amide bonds. The zero-order valence-electron chi connectivity index (χ0n) is 6.51. The molecule has 0 spiro atoms. The van der Waals surface area contributed by atoms with Crippen LogP contribution in [0, 0.1) is 5.82 Å². The second-order valence-electron chi connectivity index (χ2n) is 2.12. The van der Waals surface area contributed by atoms with Crippen LogP contribution in [-0.4, -0.2) is 16.8 Å². The molecule has 0 saturated carbocycles. The first kappa shape index (κ1) is 10.8. The van der Waals surface area contributed by atoms with Gasteiger partial charge in [-0.15, -0.1) is 0 Å². The predicted octanol–water partition coefficient (Wildman–Crippen LogP) is 2.20. The van der Waals surface area contributed by atoms with Crippen LogP contribution in [0.25, 0.3) is 0 Å². The molecular formula is C7H3ClF3NO2. The zero-order chi connectivity index (χ0) is 10.7. The second kappa shape index (κ2) is 4.28. The fourth-order valence-corrected chi connectivity index (χ4v) is 0.882. The minimum atomic E-state index is -3.18. The summed E-state index contributed by atoms with van der Waals surface area (Å²) < 4.78 is 40.2. The summed E-state index contributed by atoms with van der Waals surface area (Å²) in [5.74, 6) is -2.06. The van der Waals surface area contributed by atoms with E-state index >= 15 is 0 Å². The lowest BCUT2D eigenvalue weighted by Crippen LogP contribution is -2.07. The van der Waals surface area contributed by atoms with E-state index < -0.39 is 29.1 Å². The number of alkyl halides is 2. The first-order valence-corrected chi connectivity index (χ1v) is 3.69. The Bertz CT molecular complexity index is 359. The first-order chi connectivity index (χ1) is 6.52. The number of carbonyl (C=O) groups excluding carboxylic acids is 1. The Kier molecular flexibility index (Phi) is 3.29. The fourth-order valence-electron chi connectivity index (χ4n) is 0.750. The normalized spacial score (nSPS) is 10.4. The number of ether oxygens (including phenoxy) is 1. The summed E-state index contributed by atoms with van der Waals surface area (Å²) in [6.45, 7) is -3.18. The molecule has 1 heterocycles. The van der Waals surface area contributed by atoms with Gasteiger partial charge in [0.15, 0.2) is 17.3 Å². The number of carbonyl (C=O) groups is 1. The van der Waals surface area contributed by atoms with E-state index in [2.05, 4.69) is 9.72 Å². The van der Waals surface area contributed by atoms with Gasteiger partial charge in [0.2, 0.25) is 0 Å². The standard InChI is InChI=1S/C7H3ClF3NO2/c8-6(13)5-4(9)3(1-2-12-5)14-7(10)11/h1-2,7H. The maximum atomic E-state index is 13.1. The number of aromatic nitrogens is 1. The Labute approximate surface area is 81.5 Å². The van der Waals surface area contributed by atoms with Crippen molar-refractivity contribution >= 4 is 16.8 Å². The molecule has 0 saturated heterocycles. The molecule has 0 aliphatic heterocycles. The van der Waals surface area contributed by atoms with Crippen LogP contribution in [0.4, 0.5) is 13.2 Å². The van der Waals surface area contributed by atoms with Crippen molar-refractivity contribution in [2.24, 2.45) is 0 Å². The summed E-state index contributed by atoms with van der Waals surface area (Å²) in [5, 5.41) is -1.18. The Morgan fingerprint density at radius 2 is 2.21 bits per heavy atom. The first-order valence-electron chi connectivity index (χ1n) is 3.31. The van der Waals surface area contributed by atoms with E-state index in [4.69, 9.17) is 11.6 Å². The summed E-state index contributed by atoms with van der Waals surface area (Å²) >= 11 is 4.93. The highest BCUT2D eigenvalue weighted by Crippen LogP contribution is 2.21. The summed E-state index contributed by atoms with van der Waals surface area (Å²) in [7, 11) is 0. The van der Waals surface area contributed by atoms with Gasteiger partial charge in [-0.3, -0.25) is 4.79 Å². The van der Waals surface area contributed by atoms with Crippen molar-refractivity contribution in [1.82, 2.24) is 4.98 Å². The molecule has 1 rings (SSSR count). The van der Waals surface area contributed by atoms with E-state index in [0.29, 0.717) is 0 Å². The van der Waals surface area contributed by atoms with Crippen molar-refractivity contribution in [3.63, 3.8) is 0 Å². The molecule has 3 nitrogen and oxygen atoms in total. The number of hydrogen-bond acceptors (Lipinski definition) is 3. The highest BCUT2D eigenvalue weighted by Gasteiger charge is 2.17. The van der Waals surface area contributed by atoms with E-state index in [1.807, 2.05) is 0 Å². The topological polar surface area (TPSA) is 39.2 Å². The lowest BCUT2D eigenvalue weighted by molar-refractivity contribution is -0.0523. The summed E-state index contributed by atoms with van der Waals surface area (Å²) in [6.07, 6.45) is 0.941. The van der Waals surface area contributed by atoms with Crippen LogP contribution in [0.15, 0.2) is 12.3 Å². The van der Waals surface area contributed by atoms with Crippen molar-refractivity contribution in [3.05, 3.63) is 23.8 Å². The smallest absolute Gasteiger partial charge is 0.387 e. The Hall–Kier alpha value is -1.30.